The smallest absolute Gasteiger partial charge is 0.406 e. The number of rotatable bonds is 11. The summed E-state index contributed by atoms with van der Waals surface area (Å²) in [6, 6.07) is 0. The molecule has 1 amide bonds. The number of ether oxygens (including phenoxy) is 4. The molecule has 0 bridgehead atoms. The molecule has 32 heavy (non-hydrogen) atoms. The fourth-order valence-electron chi connectivity index (χ4n) is 2.65. The molecule has 0 spiro atoms. The fourth-order valence-corrected chi connectivity index (χ4v) is 3.05. The zero-order valence-corrected chi connectivity index (χ0v) is 21.0. The van der Waals surface area contributed by atoms with Crippen LogP contribution in [0.5, 0.6) is 5.75 Å². The van der Waals surface area contributed by atoms with E-state index in [0.29, 0.717) is 23.9 Å². The van der Waals surface area contributed by atoms with Crippen LogP contribution in [0.15, 0.2) is 0 Å². The van der Waals surface area contributed by atoms with E-state index >= 15 is 0 Å². The molecule has 182 valence electrons. The molecule has 7 nitrogen and oxygen atoms in total. The normalized spacial score (nSPS) is 11.9. The van der Waals surface area contributed by atoms with Crippen LogP contribution in [0.3, 0.4) is 0 Å². The van der Waals surface area contributed by atoms with Gasteiger partial charge in [-0.3, -0.25) is 4.79 Å². The Morgan fingerprint density at radius 3 is 2.16 bits per heavy atom. The van der Waals surface area contributed by atoms with Gasteiger partial charge in [-0.1, -0.05) is 0 Å². The van der Waals surface area contributed by atoms with Crippen molar-refractivity contribution in [2.75, 3.05) is 26.9 Å². The van der Waals surface area contributed by atoms with Crippen molar-refractivity contribution in [2.24, 2.45) is 0 Å². The molecule has 0 radical (unpaired) electrons. The van der Waals surface area contributed by atoms with Gasteiger partial charge in [0.1, 0.15) is 0 Å². The van der Waals surface area contributed by atoms with Crippen LogP contribution in [0.2, 0.25) is 0 Å². The van der Waals surface area contributed by atoms with Crippen molar-refractivity contribution in [2.45, 2.75) is 65.6 Å². The number of alkyl carbamates (subject to hydrolysis) is 1. The van der Waals surface area contributed by atoms with Gasteiger partial charge >= 0.3 is 12.1 Å². The molecular weight excluding hydrogens is 443 g/mol. The van der Waals surface area contributed by atoms with Crippen LogP contribution in [0.4, 0.5) is 13.6 Å². The van der Waals surface area contributed by atoms with Crippen LogP contribution in [-0.2, 0) is 19.0 Å². The lowest BCUT2D eigenvalue weighted by atomic mass is 10.1. The number of carbonyl (C=O) groups excluding carboxylic acids is 2. The standard InChI is InChI=1S/C22H34F2NO6P/c1-13-14(2)19(32)18(17(24)16(13)23)31-15(26)8-10-29-21(3,4)9-11-30-22(5,6)12-25-20(27)28-7/h8-12,32H2,1-7H3,(H,25,27). The molecule has 0 aromatic heterocycles. The Morgan fingerprint density at radius 2 is 1.56 bits per heavy atom. The highest BCUT2D eigenvalue weighted by Gasteiger charge is 2.25. The number of amides is 1. The fraction of sp³-hybridized carbons (Fsp3) is 0.636. The maximum absolute atomic E-state index is 14.2. The lowest BCUT2D eigenvalue weighted by Gasteiger charge is -2.29. The summed E-state index contributed by atoms with van der Waals surface area (Å²) in [5.74, 6) is -3.36. The van der Waals surface area contributed by atoms with Crippen LogP contribution in [0, 0.1) is 25.5 Å². The number of hydrogen-bond acceptors (Lipinski definition) is 6. The Balaban J connectivity index is 2.49. The number of methoxy groups -OCH3 is 1. The van der Waals surface area contributed by atoms with E-state index in [1.165, 1.54) is 14.0 Å². The Kier molecular flexibility index (Phi) is 10.5. The molecule has 1 aromatic carbocycles. The monoisotopic (exact) mass is 477 g/mol. The highest BCUT2D eigenvalue weighted by atomic mass is 31.0. The minimum absolute atomic E-state index is 0.0419. The van der Waals surface area contributed by atoms with E-state index in [1.54, 1.807) is 6.92 Å². The highest BCUT2D eigenvalue weighted by Crippen LogP contribution is 2.26. The summed E-state index contributed by atoms with van der Waals surface area (Å²) in [5.41, 5.74) is -0.534. The molecular formula is C22H34F2NO6P. The topological polar surface area (TPSA) is 83.1 Å². The van der Waals surface area contributed by atoms with E-state index in [1.807, 2.05) is 27.7 Å². The number of nitrogens with one attached hydrogen (secondary N) is 1. The van der Waals surface area contributed by atoms with Gasteiger partial charge in [-0.2, -0.15) is 4.39 Å². The van der Waals surface area contributed by atoms with Crippen LogP contribution in [0.1, 0.15) is 51.7 Å². The minimum atomic E-state index is -1.19. The second-order valence-electron chi connectivity index (χ2n) is 8.66. The number of esters is 1. The zero-order valence-electron chi connectivity index (χ0n) is 19.8. The first-order chi connectivity index (χ1) is 14.7. The predicted octanol–water partition coefficient (Wildman–Crippen LogP) is 3.71. The largest absolute Gasteiger partial charge is 0.453 e. The molecule has 10 heteroatoms. The average molecular weight is 477 g/mol. The van der Waals surface area contributed by atoms with Crippen LogP contribution < -0.4 is 15.4 Å². The summed E-state index contributed by atoms with van der Waals surface area (Å²) in [7, 11) is 3.57. The predicted molar refractivity (Wildman–Crippen MR) is 121 cm³/mol. The SMILES string of the molecule is COC(=O)NCC(C)(C)OCCC(C)(C)OCCC(=O)Oc1c(F)c(F)c(C)c(C)c1P. The molecule has 0 heterocycles. The second-order valence-corrected chi connectivity index (χ2v) is 9.23. The van der Waals surface area contributed by atoms with Crippen molar-refractivity contribution in [1.29, 1.82) is 0 Å². The molecule has 0 saturated heterocycles. The van der Waals surface area contributed by atoms with Crippen molar-refractivity contribution in [1.82, 2.24) is 5.32 Å². The molecule has 0 aliphatic carbocycles. The maximum Gasteiger partial charge on any atom is 0.406 e. The third-order valence-electron chi connectivity index (χ3n) is 4.99. The number of halogens is 2. The van der Waals surface area contributed by atoms with Crippen LogP contribution in [0.25, 0.3) is 0 Å². The molecule has 1 unspecified atom stereocenters. The summed E-state index contributed by atoms with van der Waals surface area (Å²) in [6.07, 6.45) is -0.137. The molecule has 1 atom stereocenters. The minimum Gasteiger partial charge on any atom is -0.453 e. The summed E-state index contributed by atoms with van der Waals surface area (Å²) >= 11 is 0. The van der Waals surface area contributed by atoms with Gasteiger partial charge in [0.25, 0.3) is 0 Å². The van der Waals surface area contributed by atoms with E-state index in [-0.39, 0.29) is 25.1 Å². The van der Waals surface area contributed by atoms with Crippen molar-refractivity contribution >= 4 is 26.6 Å². The van der Waals surface area contributed by atoms with E-state index in [0.717, 1.165) is 0 Å². The van der Waals surface area contributed by atoms with Gasteiger partial charge in [-0.15, -0.1) is 9.24 Å². The van der Waals surface area contributed by atoms with Gasteiger partial charge in [0.2, 0.25) is 5.82 Å². The van der Waals surface area contributed by atoms with Crippen molar-refractivity contribution in [3.05, 3.63) is 22.8 Å². The summed E-state index contributed by atoms with van der Waals surface area (Å²) in [4.78, 5) is 23.3. The molecule has 0 fully saturated rings. The van der Waals surface area contributed by atoms with Gasteiger partial charge in [0.15, 0.2) is 11.6 Å². The van der Waals surface area contributed by atoms with Gasteiger partial charge in [-0.25, -0.2) is 9.18 Å². The number of hydrogen-bond donors (Lipinski definition) is 1. The summed E-state index contributed by atoms with van der Waals surface area (Å²) in [6.45, 7) is 11.1. The lowest BCUT2D eigenvalue weighted by molar-refractivity contribution is -0.137. The molecule has 1 N–H and O–H groups in total. The van der Waals surface area contributed by atoms with Gasteiger partial charge in [0.05, 0.1) is 37.9 Å². The Hall–Kier alpha value is -1.83. The van der Waals surface area contributed by atoms with Crippen LogP contribution in [-0.4, -0.2) is 50.1 Å². The molecule has 1 rings (SSSR count). The van der Waals surface area contributed by atoms with Gasteiger partial charge in [0, 0.05) is 11.8 Å². The molecule has 0 aliphatic heterocycles. The molecule has 1 aromatic rings. The Bertz CT molecular complexity index is 800. The van der Waals surface area contributed by atoms with Crippen molar-refractivity contribution in [3.63, 3.8) is 0 Å². The first-order valence-electron chi connectivity index (χ1n) is 10.2. The Labute approximate surface area is 190 Å². The summed E-state index contributed by atoms with van der Waals surface area (Å²) in [5, 5.41) is 2.89. The first-order valence-corrected chi connectivity index (χ1v) is 10.8. The molecule has 0 aliphatic rings. The maximum atomic E-state index is 14.2. The average Bonchev–Trinajstić information content (AvgIpc) is 2.71. The first kappa shape index (κ1) is 28.2. The Morgan fingerprint density at radius 1 is 0.969 bits per heavy atom. The van der Waals surface area contributed by atoms with Crippen molar-refractivity contribution in [3.8, 4) is 5.75 Å². The zero-order chi connectivity index (χ0) is 24.7. The quantitative estimate of drug-likeness (QED) is 0.297. The number of carbonyl (C=O) groups is 2. The van der Waals surface area contributed by atoms with Crippen molar-refractivity contribution < 1.29 is 37.3 Å². The van der Waals surface area contributed by atoms with Crippen LogP contribution >= 0.6 is 9.24 Å². The molecule has 0 saturated carbocycles. The van der Waals surface area contributed by atoms with Gasteiger partial charge in [-0.05, 0) is 59.1 Å². The third kappa shape index (κ3) is 8.60. The second kappa shape index (κ2) is 11.9. The van der Waals surface area contributed by atoms with E-state index in [2.05, 4.69) is 19.3 Å². The van der Waals surface area contributed by atoms with E-state index in [4.69, 9.17) is 14.2 Å². The third-order valence-corrected chi connectivity index (χ3v) is 5.68. The highest BCUT2D eigenvalue weighted by molar-refractivity contribution is 7.28. The number of benzene rings is 1. The lowest BCUT2D eigenvalue weighted by Crippen LogP contribution is -2.41. The van der Waals surface area contributed by atoms with E-state index < -0.39 is 40.6 Å². The van der Waals surface area contributed by atoms with E-state index in [9.17, 15) is 18.4 Å². The van der Waals surface area contributed by atoms with Gasteiger partial charge < -0.3 is 24.3 Å². The summed E-state index contributed by atoms with van der Waals surface area (Å²) < 4.78 is 49.3.